The van der Waals surface area contributed by atoms with Crippen molar-refractivity contribution >= 4 is 38.6 Å². The zero-order valence-corrected chi connectivity index (χ0v) is 31.5. The first-order chi connectivity index (χ1) is 28.3. The Balaban J connectivity index is 1.22. The van der Waals surface area contributed by atoms with Crippen LogP contribution < -0.4 is 4.90 Å². The van der Waals surface area contributed by atoms with Crippen LogP contribution in [-0.4, -0.2) is 0 Å². The molecule has 0 aromatic heterocycles. The number of nitrogens with zero attached hydrogens (tertiary/aromatic N) is 1. The molecule has 1 heteroatoms. The Morgan fingerprint density at radius 1 is 0.228 bits per heavy atom. The van der Waals surface area contributed by atoms with Crippen molar-refractivity contribution in [1.29, 1.82) is 0 Å². The average Bonchev–Trinajstić information content (AvgIpc) is 3.29. The van der Waals surface area contributed by atoms with Gasteiger partial charge in [0.15, 0.2) is 0 Å². The molecule has 268 valence electrons. The van der Waals surface area contributed by atoms with E-state index in [1.165, 1.54) is 71.6 Å². The van der Waals surface area contributed by atoms with Gasteiger partial charge in [0, 0.05) is 16.9 Å². The molecule has 57 heavy (non-hydrogen) atoms. The minimum Gasteiger partial charge on any atom is -0.310 e. The van der Waals surface area contributed by atoms with Crippen molar-refractivity contribution in [2.75, 3.05) is 4.90 Å². The van der Waals surface area contributed by atoms with E-state index in [1.807, 2.05) is 0 Å². The SMILES string of the molecule is c1ccc(-c2ccc(-c3ccccc3N(c3cccc(-c4cccc5ccccc45)c3)c3ccc4ccccc4c3)c(-c3ccccc3-c3ccccc3)c2)cc1. The minimum absolute atomic E-state index is 1.09. The molecule has 10 rings (SSSR count). The second kappa shape index (κ2) is 15.0. The van der Waals surface area contributed by atoms with Crippen molar-refractivity contribution in [2.45, 2.75) is 0 Å². The number of hydrogen-bond donors (Lipinski definition) is 0. The van der Waals surface area contributed by atoms with Crippen LogP contribution in [0.5, 0.6) is 0 Å². The van der Waals surface area contributed by atoms with Gasteiger partial charge >= 0.3 is 0 Å². The van der Waals surface area contributed by atoms with Crippen LogP contribution in [0.4, 0.5) is 17.1 Å². The monoisotopic (exact) mass is 725 g/mol. The zero-order valence-electron chi connectivity index (χ0n) is 31.5. The molecule has 0 unspecified atom stereocenters. The molecular weight excluding hydrogens is 687 g/mol. The lowest BCUT2D eigenvalue weighted by Gasteiger charge is -2.29. The number of anilines is 3. The van der Waals surface area contributed by atoms with Crippen LogP contribution in [0.3, 0.4) is 0 Å². The van der Waals surface area contributed by atoms with E-state index in [4.69, 9.17) is 0 Å². The lowest BCUT2D eigenvalue weighted by atomic mass is 9.86. The summed E-state index contributed by atoms with van der Waals surface area (Å²) in [5, 5.41) is 4.90. The Hall–Kier alpha value is -7.48. The van der Waals surface area contributed by atoms with Crippen LogP contribution in [0.2, 0.25) is 0 Å². The predicted molar refractivity (Wildman–Crippen MR) is 243 cm³/mol. The molecule has 0 amide bonds. The van der Waals surface area contributed by atoms with E-state index in [0.29, 0.717) is 0 Å². The van der Waals surface area contributed by atoms with Gasteiger partial charge < -0.3 is 4.90 Å². The van der Waals surface area contributed by atoms with Crippen molar-refractivity contribution in [3.63, 3.8) is 0 Å². The normalized spacial score (nSPS) is 11.2. The van der Waals surface area contributed by atoms with E-state index in [9.17, 15) is 0 Å². The predicted octanol–water partition coefficient (Wildman–Crippen LogP) is 15.8. The molecule has 0 N–H and O–H groups in total. The van der Waals surface area contributed by atoms with Gasteiger partial charge in [-0.25, -0.2) is 0 Å². The fraction of sp³-hybridized carbons (Fsp3) is 0. The van der Waals surface area contributed by atoms with Gasteiger partial charge in [-0.1, -0.05) is 200 Å². The molecule has 0 aliphatic carbocycles. The van der Waals surface area contributed by atoms with Gasteiger partial charge in [0.1, 0.15) is 0 Å². The highest BCUT2D eigenvalue weighted by atomic mass is 15.1. The third-order valence-electron chi connectivity index (χ3n) is 11.1. The smallest absolute Gasteiger partial charge is 0.0540 e. The second-order valence-corrected chi connectivity index (χ2v) is 14.5. The third kappa shape index (κ3) is 6.56. The third-order valence-corrected chi connectivity index (χ3v) is 11.1. The van der Waals surface area contributed by atoms with Crippen LogP contribution in [0.25, 0.3) is 77.2 Å². The Labute approximate surface area is 334 Å². The molecule has 0 atom stereocenters. The molecule has 0 saturated carbocycles. The molecule has 0 heterocycles. The average molecular weight is 726 g/mol. The highest BCUT2D eigenvalue weighted by Crippen LogP contribution is 2.47. The number of benzene rings is 10. The maximum Gasteiger partial charge on any atom is 0.0540 e. The summed E-state index contributed by atoms with van der Waals surface area (Å²) in [6, 6.07) is 85.8. The van der Waals surface area contributed by atoms with E-state index in [0.717, 1.165) is 22.6 Å². The van der Waals surface area contributed by atoms with Crippen molar-refractivity contribution < 1.29 is 0 Å². The molecule has 1 nitrogen and oxygen atoms in total. The van der Waals surface area contributed by atoms with Gasteiger partial charge in [-0.15, -0.1) is 0 Å². The Morgan fingerprint density at radius 2 is 0.789 bits per heavy atom. The lowest BCUT2D eigenvalue weighted by Crippen LogP contribution is -2.11. The Kier molecular flexibility index (Phi) is 8.95. The molecule has 0 saturated heterocycles. The highest BCUT2D eigenvalue weighted by Gasteiger charge is 2.22. The van der Waals surface area contributed by atoms with Gasteiger partial charge in [-0.2, -0.15) is 0 Å². The standard InChI is InChI=1S/C56H39N/c1-3-17-40(18-4-1)45-34-36-53(55(39-45)52-29-12-11-28-50(52)42-20-5-2-6-21-42)54-30-13-14-32-56(54)57(48-35-33-41-19-7-8-23-44(41)37-48)47-26-15-25-46(38-47)51-31-16-24-43-22-9-10-27-49(43)51/h1-39H. The van der Waals surface area contributed by atoms with Crippen LogP contribution in [0.1, 0.15) is 0 Å². The van der Waals surface area contributed by atoms with Gasteiger partial charge in [0.25, 0.3) is 0 Å². The first-order valence-electron chi connectivity index (χ1n) is 19.6. The van der Waals surface area contributed by atoms with E-state index in [2.05, 4.69) is 241 Å². The summed E-state index contributed by atoms with van der Waals surface area (Å²) in [6.45, 7) is 0. The molecule has 0 spiro atoms. The van der Waals surface area contributed by atoms with Gasteiger partial charge in [-0.3, -0.25) is 0 Å². The largest absolute Gasteiger partial charge is 0.310 e. The number of fused-ring (bicyclic) bond motifs is 2. The molecular formula is C56H39N. The molecule has 0 aliphatic heterocycles. The van der Waals surface area contributed by atoms with Crippen LogP contribution in [-0.2, 0) is 0 Å². The quantitative estimate of drug-likeness (QED) is 0.151. The summed E-state index contributed by atoms with van der Waals surface area (Å²) in [6.07, 6.45) is 0. The molecule has 10 aromatic rings. The first kappa shape index (κ1) is 34.0. The molecule has 0 radical (unpaired) electrons. The first-order valence-corrected chi connectivity index (χ1v) is 19.6. The van der Waals surface area contributed by atoms with Crippen molar-refractivity contribution in [3.8, 4) is 55.6 Å². The summed E-state index contributed by atoms with van der Waals surface area (Å²) in [7, 11) is 0. The summed E-state index contributed by atoms with van der Waals surface area (Å²) < 4.78 is 0. The van der Waals surface area contributed by atoms with E-state index >= 15 is 0 Å². The van der Waals surface area contributed by atoms with Gasteiger partial charge in [0.05, 0.1) is 5.69 Å². The van der Waals surface area contributed by atoms with Gasteiger partial charge in [0.2, 0.25) is 0 Å². The van der Waals surface area contributed by atoms with Crippen LogP contribution in [0.15, 0.2) is 237 Å². The minimum atomic E-state index is 1.09. The highest BCUT2D eigenvalue weighted by molar-refractivity contribution is 6.01. The van der Waals surface area contributed by atoms with Gasteiger partial charge in [-0.05, 0) is 108 Å². The van der Waals surface area contributed by atoms with E-state index < -0.39 is 0 Å². The topological polar surface area (TPSA) is 3.24 Å². The summed E-state index contributed by atoms with van der Waals surface area (Å²) in [5.41, 5.74) is 15.2. The fourth-order valence-electron chi connectivity index (χ4n) is 8.33. The Bertz CT molecular complexity index is 3010. The lowest BCUT2D eigenvalue weighted by molar-refractivity contribution is 1.29. The summed E-state index contributed by atoms with van der Waals surface area (Å²) >= 11 is 0. The number of para-hydroxylation sites is 1. The summed E-state index contributed by atoms with van der Waals surface area (Å²) in [4.78, 5) is 2.44. The molecule has 0 bridgehead atoms. The van der Waals surface area contributed by atoms with Crippen LogP contribution in [0, 0.1) is 0 Å². The maximum absolute atomic E-state index is 2.44. The summed E-state index contributed by atoms with van der Waals surface area (Å²) in [5.74, 6) is 0. The molecule has 0 fully saturated rings. The Morgan fingerprint density at radius 3 is 1.61 bits per heavy atom. The zero-order chi connectivity index (χ0) is 38.0. The van der Waals surface area contributed by atoms with E-state index in [-0.39, 0.29) is 0 Å². The molecule has 0 aliphatic rings. The van der Waals surface area contributed by atoms with E-state index in [1.54, 1.807) is 0 Å². The van der Waals surface area contributed by atoms with Crippen molar-refractivity contribution in [3.05, 3.63) is 237 Å². The number of rotatable bonds is 8. The van der Waals surface area contributed by atoms with Crippen LogP contribution >= 0.6 is 0 Å². The fourth-order valence-corrected chi connectivity index (χ4v) is 8.33. The van der Waals surface area contributed by atoms with Crippen molar-refractivity contribution in [2.24, 2.45) is 0 Å². The molecule has 10 aromatic carbocycles. The second-order valence-electron chi connectivity index (χ2n) is 14.5. The maximum atomic E-state index is 2.44. The van der Waals surface area contributed by atoms with Crippen molar-refractivity contribution in [1.82, 2.24) is 0 Å². The number of hydrogen-bond acceptors (Lipinski definition) is 1.